The quantitative estimate of drug-likeness (QED) is 0.760. The van der Waals surface area contributed by atoms with Crippen LogP contribution in [-0.2, 0) is 4.74 Å². The van der Waals surface area contributed by atoms with E-state index in [1.807, 2.05) is 29.1 Å². The Morgan fingerprint density at radius 2 is 2.17 bits per heavy atom. The summed E-state index contributed by atoms with van der Waals surface area (Å²) in [4.78, 5) is 12.6. The lowest BCUT2D eigenvalue weighted by Crippen LogP contribution is -2.18. The summed E-state index contributed by atoms with van der Waals surface area (Å²) in [7, 11) is 1.75. The molecule has 0 bridgehead atoms. The van der Waals surface area contributed by atoms with Crippen LogP contribution in [0.15, 0.2) is 24.4 Å². The molecule has 0 radical (unpaired) electrons. The molecule has 1 atom stereocenters. The number of nitrogens with one attached hydrogen (secondary N) is 1. The zero-order valence-electron chi connectivity index (χ0n) is 13.4. The first-order valence-electron chi connectivity index (χ1n) is 8.03. The van der Waals surface area contributed by atoms with E-state index in [0.29, 0.717) is 11.8 Å². The average molecular weight is 325 g/mol. The van der Waals surface area contributed by atoms with Gasteiger partial charge in [-0.3, -0.25) is 0 Å². The Morgan fingerprint density at radius 1 is 1.25 bits per heavy atom. The van der Waals surface area contributed by atoms with Crippen molar-refractivity contribution in [3.05, 3.63) is 24.4 Å². The highest BCUT2D eigenvalue weighted by molar-refractivity contribution is 5.83. The molecule has 0 spiro atoms. The number of fused-ring (bicyclic) bond motifs is 1. The molecule has 3 aromatic rings. The molecule has 0 amide bonds. The molecule has 8 heteroatoms. The van der Waals surface area contributed by atoms with Crippen LogP contribution in [0.1, 0.15) is 25.5 Å². The van der Waals surface area contributed by atoms with Gasteiger partial charge in [0.15, 0.2) is 12.1 Å². The van der Waals surface area contributed by atoms with Crippen LogP contribution in [0.4, 0.5) is 11.9 Å². The zero-order chi connectivity index (χ0) is 16.5. The van der Waals surface area contributed by atoms with E-state index in [9.17, 15) is 0 Å². The minimum absolute atomic E-state index is 0.0113. The van der Waals surface area contributed by atoms with Crippen molar-refractivity contribution < 1.29 is 4.74 Å². The molecule has 3 heterocycles. The summed E-state index contributed by atoms with van der Waals surface area (Å²) >= 11 is 0. The summed E-state index contributed by atoms with van der Waals surface area (Å²) in [6, 6.07) is 5.99. The molecular formula is C16H19N7O. The standard InChI is InChI=1S/C16H19N7O/c1-18-16-21-14(20-15(17)22-16)10-5-6-11-9-19-23(12(11)8-10)13-4-2-3-7-24-13/h5-6,8-9,13H,2-4,7H2,1H3,(H3,17,18,20,21,22). The van der Waals surface area contributed by atoms with E-state index in [4.69, 9.17) is 10.5 Å². The lowest BCUT2D eigenvalue weighted by molar-refractivity contribution is -0.0366. The molecule has 8 nitrogen and oxygen atoms in total. The van der Waals surface area contributed by atoms with E-state index in [1.54, 1.807) is 7.05 Å². The second-order valence-corrected chi connectivity index (χ2v) is 5.77. The molecule has 0 saturated carbocycles. The predicted molar refractivity (Wildman–Crippen MR) is 91.4 cm³/mol. The number of benzene rings is 1. The smallest absolute Gasteiger partial charge is 0.227 e. The first-order chi connectivity index (χ1) is 11.7. The molecule has 124 valence electrons. The minimum atomic E-state index is -0.0113. The molecule has 1 unspecified atom stereocenters. The van der Waals surface area contributed by atoms with Crippen LogP contribution in [-0.4, -0.2) is 38.4 Å². The van der Waals surface area contributed by atoms with Crippen LogP contribution in [0, 0.1) is 0 Å². The second kappa shape index (κ2) is 6.04. The molecule has 4 rings (SSSR count). The van der Waals surface area contributed by atoms with E-state index in [-0.39, 0.29) is 12.2 Å². The van der Waals surface area contributed by atoms with E-state index in [2.05, 4.69) is 25.4 Å². The van der Waals surface area contributed by atoms with Crippen molar-refractivity contribution in [1.29, 1.82) is 0 Å². The third kappa shape index (κ3) is 2.65. The molecule has 1 fully saturated rings. The van der Waals surface area contributed by atoms with E-state index >= 15 is 0 Å². The summed E-state index contributed by atoms with van der Waals surface area (Å²) in [5.41, 5.74) is 7.64. The van der Waals surface area contributed by atoms with Crippen LogP contribution in [0.25, 0.3) is 22.3 Å². The summed E-state index contributed by atoms with van der Waals surface area (Å²) < 4.78 is 7.81. The van der Waals surface area contributed by atoms with Gasteiger partial charge in [0, 0.05) is 24.6 Å². The molecule has 1 saturated heterocycles. The topological polar surface area (TPSA) is 104 Å². The highest BCUT2D eigenvalue weighted by Crippen LogP contribution is 2.28. The Hall–Kier alpha value is -2.74. The average Bonchev–Trinajstić information content (AvgIpc) is 3.05. The van der Waals surface area contributed by atoms with Crippen molar-refractivity contribution in [3.63, 3.8) is 0 Å². The Labute approximate surface area is 139 Å². The highest BCUT2D eigenvalue weighted by Gasteiger charge is 2.19. The maximum Gasteiger partial charge on any atom is 0.227 e. The van der Waals surface area contributed by atoms with Gasteiger partial charge in [-0.15, -0.1) is 0 Å². The maximum absolute atomic E-state index is 5.86. The SMILES string of the molecule is CNc1nc(N)nc(-c2ccc3cnn(C4CCCCO4)c3c2)n1. The number of hydrogen-bond acceptors (Lipinski definition) is 7. The molecule has 1 aliphatic rings. The number of anilines is 2. The third-order valence-electron chi connectivity index (χ3n) is 4.16. The number of nitrogens with two attached hydrogens (primary N) is 1. The second-order valence-electron chi connectivity index (χ2n) is 5.77. The van der Waals surface area contributed by atoms with E-state index in [1.165, 1.54) is 0 Å². The molecule has 1 aliphatic heterocycles. The number of ether oxygens (including phenoxy) is 1. The lowest BCUT2D eigenvalue weighted by atomic mass is 10.1. The number of nitrogens with zero attached hydrogens (tertiary/aromatic N) is 5. The van der Waals surface area contributed by atoms with Crippen molar-refractivity contribution in [3.8, 4) is 11.4 Å². The monoisotopic (exact) mass is 325 g/mol. The van der Waals surface area contributed by atoms with Crippen molar-refractivity contribution in [1.82, 2.24) is 24.7 Å². The third-order valence-corrected chi connectivity index (χ3v) is 4.16. The molecule has 3 N–H and O–H groups in total. The highest BCUT2D eigenvalue weighted by atomic mass is 16.5. The van der Waals surface area contributed by atoms with Crippen molar-refractivity contribution >= 4 is 22.8 Å². The molecule has 2 aromatic heterocycles. The maximum atomic E-state index is 5.86. The Morgan fingerprint density at radius 3 is 2.96 bits per heavy atom. The van der Waals surface area contributed by atoms with Crippen LogP contribution >= 0.6 is 0 Å². The summed E-state index contributed by atoms with van der Waals surface area (Å²) in [5.74, 6) is 1.17. The van der Waals surface area contributed by atoms with Gasteiger partial charge in [-0.2, -0.15) is 20.1 Å². The Balaban J connectivity index is 1.78. The van der Waals surface area contributed by atoms with E-state index < -0.39 is 0 Å². The normalized spacial score (nSPS) is 18.0. The van der Waals surface area contributed by atoms with Crippen LogP contribution in [0.3, 0.4) is 0 Å². The molecule has 1 aromatic carbocycles. The van der Waals surface area contributed by atoms with Crippen molar-refractivity contribution in [2.45, 2.75) is 25.5 Å². The Bertz CT molecular complexity index is 870. The van der Waals surface area contributed by atoms with Gasteiger partial charge < -0.3 is 15.8 Å². The van der Waals surface area contributed by atoms with E-state index in [0.717, 1.165) is 42.3 Å². The zero-order valence-corrected chi connectivity index (χ0v) is 13.4. The number of rotatable bonds is 3. The van der Waals surface area contributed by atoms with Gasteiger partial charge in [0.25, 0.3) is 0 Å². The van der Waals surface area contributed by atoms with Crippen LogP contribution in [0.2, 0.25) is 0 Å². The van der Waals surface area contributed by atoms with Gasteiger partial charge in [-0.05, 0) is 25.3 Å². The summed E-state index contributed by atoms with van der Waals surface area (Å²) in [6.45, 7) is 0.779. The van der Waals surface area contributed by atoms with Gasteiger partial charge in [0.05, 0.1) is 11.7 Å². The summed E-state index contributed by atoms with van der Waals surface area (Å²) in [6.07, 6.45) is 5.09. The first kappa shape index (κ1) is 14.8. The van der Waals surface area contributed by atoms with Crippen LogP contribution < -0.4 is 11.1 Å². The van der Waals surface area contributed by atoms with Gasteiger partial charge in [0.2, 0.25) is 11.9 Å². The first-order valence-corrected chi connectivity index (χ1v) is 8.03. The predicted octanol–water partition coefficient (Wildman–Crippen LogP) is 2.21. The molecular weight excluding hydrogens is 306 g/mol. The molecule has 24 heavy (non-hydrogen) atoms. The minimum Gasteiger partial charge on any atom is -0.368 e. The number of hydrogen-bond donors (Lipinski definition) is 2. The largest absolute Gasteiger partial charge is 0.368 e. The summed E-state index contributed by atoms with van der Waals surface area (Å²) in [5, 5.41) is 8.46. The van der Waals surface area contributed by atoms with Gasteiger partial charge in [0.1, 0.15) is 0 Å². The van der Waals surface area contributed by atoms with Crippen molar-refractivity contribution in [2.75, 3.05) is 24.7 Å². The van der Waals surface area contributed by atoms with Crippen LogP contribution in [0.5, 0.6) is 0 Å². The number of nitrogen functional groups attached to an aromatic ring is 1. The fourth-order valence-corrected chi connectivity index (χ4v) is 2.96. The van der Waals surface area contributed by atoms with Gasteiger partial charge in [-0.25, -0.2) is 4.68 Å². The Kier molecular flexibility index (Phi) is 3.73. The van der Waals surface area contributed by atoms with Gasteiger partial charge in [-0.1, -0.05) is 12.1 Å². The number of aromatic nitrogens is 5. The fourth-order valence-electron chi connectivity index (χ4n) is 2.96. The fraction of sp³-hybridized carbons (Fsp3) is 0.375. The van der Waals surface area contributed by atoms with Gasteiger partial charge >= 0.3 is 0 Å². The molecule has 0 aliphatic carbocycles. The lowest BCUT2D eigenvalue weighted by Gasteiger charge is -2.23. The van der Waals surface area contributed by atoms with Crippen molar-refractivity contribution in [2.24, 2.45) is 0 Å².